The van der Waals surface area contributed by atoms with Crippen LogP contribution in [0, 0.1) is 0 Å². The average Bonchev–Trinajstić information content (AvgIpc) is 2.81. The number of benzene rings is 1. The molecule has 0 saturated carbocycles. The normalized spacial score (nSPS) is 10.2. The number of nitrogens with one attached hydrogen (secondary N) is 2. The molecule has 1 amide bonds. The minimum Gasteiger partial charge on any atom is -0.367 e. The number of carbonyl (C=O) groups excluding carboxylic acids is 1. The summed E-state index contributed by atoms with van der Waals surface area (Å²) in [6.07, 6.45) is 4.00. The molecule has 1 heterocycles. The molecule has 2 aromatic rings. The van der Waals surface area contributed by atoms with Crippen molar-refractivity contribution in [2.75, 3.05) is 0 Å². The first-order valence-corrected chi connectivity index (χ1v) is 5.75. The van der Waals surface area contributed by atoms with Gasteiger partial charge in [-0.2, -0.15) is 0 Å². The molecule has 0 radical (unpaired) electrons. The van der Waals surface area contributed by atoms with E-state index in [1.165, 1.54) is 0 Å². The van der Waals surface area contributed by atoms with E-state index in [1.807, 2.05) is 36.5 Å². The molecular weight excluding hydrogens is 236 g/mol. The molecule has 0 aliphatic heterocycles. The third-order valence-electron chi connectivity index (χ3n) is 2.46. The highest BCUT2D eigenvalue weighted by atomic mass is 35.5. The Kier molecular flexibility index (Phi) is 3.83. The molecule has 0 unspecified atom stereocenters. The zero-order valence-corrected chi connectivity index (χ0v) is 10.00. The third kappa shape index (κ3) is 3.36. The quantitative estimate of drug-likeness (QED) is 0.858. The Morgan fingerprint density at radius 1 is 1.29 bits per heavy atom. The van der Waals surface area contributed by atoms with E-state index in [1.54, 1.807) is 6.20 Å². The van der Waals surface area contributed by atoms with Crippen LogP contribution in [0.2, 0.25) is 5.02 Å². The molecule has 2 N–H and O–H groups in total. The summed E-state index contributed by atoms with van der Waals surface area (Å²) in [5.41, 5.74) is 1.90. The maximum absolute atomic E-state index is 11.6. The van der Waals surface area contributed by atoms with Crippen molar-refractivity contribution in [1.29, 1.82) is 0 Å². The minimum atomic E-state index is -0.00970. The monoisotopic (exact) mass is 248 g/mol. The first-order chi connectivity index (χ1) is 8.25. The average molecular weight is 249 g/mol. The maximum Gasteiger partial charge on any atom is 0.224 e. The summed E-state index contributed by atoms with van der Waals surface area (Å²) >= 11 is 5.99. The molecule has 17 heavy (non-hydrogen) atoms. The standard InChI is InChI=1S/C13H13ClN2O/c14-12-4-2-1-3-11(12)9-16-13(17)7-10-5-6-15-8-10/h1-6,8,15H,7,9H2,(H,16,17). The summed E-state index contributed by atoms with van der Waals surface area (Å²) in [5.74, 6) is -0.00970. The van der Waals surface area contributed by atoms with E-state index >= 15 is 0 Å². The third-order valence-corrected chi connectivity index (χ3v) is 2.83. The van der Waals surface area contributed by atoms with Crippen LogP contribution in [0.4, 0.5) is 0 Å². The summed E-state index contributed by atoms with van der Waals surface area (Å²) < 4.78 is 0. The molecule has 0 bridgehead atoms. The number of rotatable bonds is 4. The van der Waals surface area contributed by atoms with Crippen LogP contribution in [-0.4, -0.2) is 10.9 Å². The van der Waals surface area contributed by atoms with Crippen molar-refractivity contribution in [2.45, 2.75) is 13.0 Å². The van der Waals surface area contributed by atoms with E-state index in [0.29, 0.717) is 18.0 Å². The van der Waals surface area contributed by atoms with E-state index < -0.39 is 0 Å². The highest BCUT2D eigenvalue weighted by Crippen LogP contribution is 2.14. The van der Waals surface area contributed by atoms with Crippen LogP contribution >= 0.6 is 11.6 Å². The van der Waals surface area contributed by atoms with Gasteiger partial charge in [-0.05, 0) is 23.3 Å². The Morgan fingerprint density at radius 3 is 2.82 bits per heavy atom. The number of hydrogen-bond donors (Lipinski definition) is 2. The molecular formula is C13H13ClN2O. The van der Waals surface area contributed by atoms with Crippen LogP contribution in [-0.2, 0) is 17.8 Å². The van der Waals surface area contributed by atoms with E-state index in [-0.39, 0.29) is 5.91 Å². The number of halogens is 1. The van der Waals surface area contributed by atoms with Gasteiger partial charge in [-0.3, -0.25) is 4.79 Å². The fourth-order valence-electron chi connectivity index (χ4n) is 1.55. The highest BCUT2D eigenvalue weighted by molar-refractivity contribution is 6.31. The fourth-order valence-corrected chi connectivity index (χ4v) is 1.75. The van der Waals surface area contributed by atoms with Gasteiger partial charge in [0, 0.05) is 24.0 Å². The van der Waals surface area contributed by atoms with E-state index in [2.05, 4.69) is 10.3 Å². The lowest BCUT2D eigenvalue weighted by atomic mass is 10.2. The van der Waals surface area contributed by atoms with E-state index in [0.717, 1.165) is 11.1 Å². The number of aromatic amines is 1. The fraction of sp³-hybridized carbons (Fsp3) is 0.154. The second-order valence-corrected chi connectivity index (χ2v) is 4.17. The van der Waals surface area contributed by atoms with Gasteiger partial charge in [0.05, 0.1) is 6.42 Å². The second kappa shape index (κ2) is 5.55. The molecule has 0 spiro atoms. The molecule has 88 valence electrons. The van der Waals surface area contributed by atoms with Crippen molar-refractivity contribution in [3.63, 3.8) is 0 Å². The molecule has 0 aliphatic rings. The second-order valence-electron chi connectivity index (χ2n) is 3.76. The Labute approximate surface area is 105 Å². The maximum atomic E-state index is 11.6. The van der Waals surface area contributed by atoms with Crippen LogP contribution in [0.5, 0.6) is 0 Å². The largest absolute Gasteiger partial charge is 0.367 e. The Bertz CT molecular complexity index is 494. The van der Waals surface area contributed by atoms with Gasteiger partial charge in [-0.25, -0.2) is 0 Å². The molecule has 1 aromatic heterocycles. The first-order valence-electron chi connectivity index (χ1n) is 5.37. The molecule has 3 nitrogen and oxygen atoms in total. The molecule has 1 aromatic carbocycles. The number of H-pyrrole nitrogens is 1. The summed E-state index contributed by atoms with van der Waals surface area (Å²) in [4.78, 5) is 14.5. The zero-order valence-electron chi connectivity index (χ0n) is 9.24. The van der Waals surface area contributed by atoms with Gasteiger partial charge < -0.3 is 10.3 Å². The van der Waals surface area contributed by atoms with Gasteiger partial charge in [-0.15, -0.1) is 0 Å². The Morgan fingerprint density at radius 2 is 2.12 bits per heavy atom. The predicted octanol–water partition coefficient (Wildman–Crippen LogP) is 2.53. The SMILES string of the molecule is O=C(Cc1cc[nH]c1)NCc1ccccc1Cl. The van der Waals surface area contributed by atoms with Gasteiger partial charge in [0.25, 0.3) is 0 Å². The van der Waals surface area contributed by atoms with Crippen molar-refractivity contribution in [1.82, 2.24) is 10.3 Å². The van der Waals surface area contributed by atoms with Crippen molar-refractivity contribution >= 4 is 17.5 Å². The van der Waals surface area contributed by atoms with Gasteiger partial charge in [-0.1, -0.05) is 29.8 Å². The number of aromatic nitrogens is 1. The van der Waals surface area contributed by atoms with Gasteiger partial charge in [0.15, 0.2) is 0 Å². The summed E-state index contributed by atoms with van der Waals surface area (Å²) in [6.45, 7) is 0.461. The predicted molar refractivity (Wildman–Crippen MR) is 67.8 cm³/mol. The van der Waals surface area contributed by atoms with Gasteiger partial charge >= 0.3 is 0 Å². The van der Waals surface area contributed by atoms with Crippen molar-refractivity contribution < 1.29 is 4.79 Å². The highest BCUT2D eigenvalue weighted by Gasteiger charge is 2.04. The van der Waals surface area contributed by atoms with Crippen molar-refractivity contribution in [3.8, 4) is 0 Å². The van der Waals surface area contributed by atoms with Crippen LogP contribution < -0.4 is 5.32 Å². The lowest BCUT2D eigenvalue weighted by molar-refractivity contribution is -0.120. The minimum absolute atomic E-state index is 0.00970. The van der Waals surface area contributed by atoms with Crippen LogP contribution in [0.25, 0.3) is 0 Å². The van der Waals surface area contributed by atoms with Gasteiger partial charge in [0.1, 0.15) is 0 Å². The molecule has 0 saturated heterocycles. The molecule has 0 atom stereocenters. The van der Waals surface area contributed by atoms with E-state index in [9.17, 15) is 4.79 Å². The molecule has 0 aliphatic carbocycles. The molecule has 2 rings (SSSR count). The van der Waals surface area contributed by atoms with Crippen molar-refractivity contribution in [2.24, 2.45) is 0 Å². The van der Waals surface area contributed by atoms with Crippen LogP contribution in [0.1, 0.15) is 11.1 Å². The number of carbonyl (C=O) groups is 1. The summed E-state index contributed by atoms with van der Waals surface area (Å²) in [5, 5.41) is 3.52. The van der Waals surface area contributed by atoms with Gasteiger partial charge in [0.2, 0.25) is 5.91 Å². The van der Waals surface area contributed by atoms with Crippen LogP contribution in [0.15, 0.2) is 42.7 Å². The smallest absolute Gasteiger partial charge is 0.224 e. The Balaban J connectivity index is 1.86. The lowest BCUT2D eigenvalue weighted by Crippen LogP contribution is -2.24. The topological polar surface area (TPSA) is 44.9 Å². The summed E-state index contributed by atoms with van der Waals surface area (Å²) in [7, 11) is 0. The first kappa shape index (κ1) is 11.7. The zero-order chi connectivity index (χ0) is 12.1. The van der Waals surface area contributed by atoms with Crippen molar-refractivity contribution in [3.05, 3.63) is 58.9 Å². The molecule has 0 fully saturated rings. The lowest BCUT2D eigenvalue weighted by Gasteiger charge is -2.06. The Hall–Kier alpha value is -1.74. The van der Waals surface area contributed by atoms with Crippen LogP contribution in [0.3, 0.4) is 0 Å². The number of amides is 1. The van der Waals surface area contributed by atoms with E-state index in [4.69, 9.17) is 11.6 Å². The number of hydrogen-bond acceptors (Lipinski definition) is 1. The molecule has 4 heteroatoms. The summed E-state index contributed by atoms with van der Waals surface area (Å²) in [6, 6.07) is 9.37.